The van der Waals surface area contributed by atoms with Crippen LogP contribution in [-0.2, 0) is 9.59 Å². The highest BCUT2D eigenvalue weighted by Gasteiger charge is 2.44. The number of hydrogen-bond donors (Lipinski definition) is 1. The van der Waals surface area contributed by atoms with Gasteiger partial charge >= 0.3 is 0 Å². The Kier molecular flexibility index (Phi) is 4.71. The SMILES string of the molecule is CCC1(CC)NC(=O)CCN(C(C)C2CCCC2)C1=O. The van der Waals surface area contributed by atoms with Crippen molar-refractivity contribution in [2.75, 3.05) is 6.54 Å². The van der Waals surface area contributed by atoms with E-state index in [1.54, 1.807) is 0 Å². The Hall–Kier alpha value is -1.06. The van der Waals surface area contributed by atoms with Gasteiger partial charge in [-0.2, -0.15) is 0 Å². The molecule has 0 radical (unpaired) electrons. The predicted octanol–water partition coefficient (Wildman–Crippen LogP) is 2.47. The average molecular weight is 280 g/mol. The number of nitrogens with one attached hydrogen (secondary N) is 1. The van der Waals surface area contributed by atoms with E-state index in [-0.39, 0.29) is 17.9 Å². The molecule has 2 aliphatic rings. The maximum atomic E-state index is 13.0. The van der Waals surface area contributed by atoms with Crippen LogP contribution in [0.1, 0.15) is 65.7 Å². The first kappa shape index (κ1) is 15.3. The monoisotopic (exact) mass is 280 g/mol. The van der Waals surface area contributed by atoms with Gasteiger partial charge in [0.25, 0.3) is 0 Å². The summed E-state index contributed by atoms with van der Waals surface area (Å²) < 4.78 is 0. The topological polar surface area (TPSA) is 49.4 Å². The van der Waals surface area contributed by atoms with Crippen LogP contribution in [0.5, 0.6) is 0 Å². The number of nitrogens with zero attached hydrogens (tertiary/aromatic N) is 1. The number of carbonyl (C=O) groups is 2. The Morgan fingerprint density at radius 3 is 2.40 bits per heavy atom. The summed E-state index contributed by atoms with van der Waals surface area (Å²) in [6.07, 6.45) is 6.77. The lowest BCUT2D eigenvalue weighted by molar-refractivity contribution is -0.142. The molecular weight excluding hydrogens is 252 g/mol. The minimum absolute atomic E-state index is 0.0168. The van der Waals surface area contributed by atoms with Crippen LogP contribution in [0.4, 0.5) is 0 Å². The Bertz CT molecular complexity index is 371. The number of rotatable bonds is 4. The van der Waals surface area contributed by atoms with Crippen molar-refractivity contribution in [2.24, 2.45) is 5.92 Å². The lowest BCUT2D eigenvalue weighted by atomic mass is 9.89. The second-order valence-electron chi connectivity index (χ2n) is 6.37. The van der Waals surface area contributed by atoms with E-state index in [1.807, 2.05) is 18.7 Å². The van der Waals surface area contributed by atoms with E-state index in [1.165, 1.54) is 25.7 Å². The van der Waals surface area contributed by atoms with Gasteiger partial charge in [0.15, 0.2) is 0 Å². The first-order chi connectivity index (χ1) is 9.54. The van der Waals surface area contributed by atoms with Crippen LogP contribution < -0.4 is 5.32 Å². The zero-order valence-corrected chi connectivity index (χ0v) is 13.1. The Morgan fingerprint density at radius 2 is 1.85 bits per heavy atom. The Labute approximate surface area is 122 Å². The summed E-state index contributed by atoms with van der Waals surface area (Å²) in [5, 5.41) is 2.99. The summed E-state index contributed by atoms with van der Waals surface area (Å²) in [5.41, 5.74) is -0.680. The zero-order chi connectivity index (χ0) is 14.8. The fourth-order valence-corrected chi connectivity index (χ4v) is 3.79. The van der Waals surface area contributed by atoms with Crippen LogP contribution in [0, 0.1) is 5.92 Å². The molecule has 1 atom stereocenters. The highest BCUT2D eigenvalue weighted by atomic mass is 16.2. The fourth-order valence-electron chi connectivity index (χ4n) is 3.79. The van der Waals surface area contributed by atoms with E-state index in [9.17, 15) is 9.59 Å². The van der Waals surface area contributed by atoms with Gasteiger partial charge in [0.05, 0.1) is 0 Å². The Balaban J connectivity index is 2.22. The number of hydrogen-bond acceptors (Lipinski definition) is 2. The van der Waals surface area contributed by atoms with E-state index >= 15 is 0 Å². The van der Waals surface area contributed by atoms with Gasteiger partial charge in [-0.05, 0) is 38.5 Å². The molecule has 2 rings (SSSR count). The molecule has 2 amide bonds. The summed E-state index contributed by atoms with van der Waals surface area (Å²) >= 11 is 0. The van der Waals surface area contributed by atoms with Crippen LogP contribution >= 0.6 is 0 Å². The molecule has 0 spiro atoms. The lowest BCUT2D eigenvalue weighted by Gasteiger charge is -2.38. The van der Waals surface area contributed by atoms with Gasteiger partial charge < -0.3 is 10.2 Å². The fraction of sp³-hybridized carbons (Fsp3) is 0.875. The van der Waals surface area contributed by atoms with Crippen molar-refractivity contribution in [3.63, 3.8) is 0 Å². The van der Waals surface area contributed by atoms with E-state index in [4.69, 9.17) is 0 Å². The number of carbonyl (C=O) groups excluding carboxylic acids is 2. The summed E-state index contributed by atoms with van der Waals surface area (Å²) in [5.74, 6) is 0.759. The van der Waals surface area contributed by atoms with Crippen LogP contribution in [0.3, 0.4) is 0 Å². The van der Waals surface area contributed by atoms with Crippen LogP contribution in [0.2, 0.25) is 0 Å². The van der Waals surface area contributed by atoms with Gasteiger partial charge in [0, 0.05) is 19.0 Å². The van der Waals surface area contributed by atoms with Crippen molar-refractivity contribution in [3.05, 3.63) is 0 Å². The maximum absolute atomic E-state index is 13.0. The molecule has 1 aliphatic heterocycles. The summed E-state index contributed by atoms with van der Waals surface area (Å²) in [7, 11) is 0. The minimum Gasteiger partial charge on any atom is -0.342 e. The molecular formula is C16H28N2O2. The molecule has 4 nitrogen and oxygen atoms in total. The molecule has 1 aliphatic carbocycles. The van der Waals surface area contributed by atoms with E-state index < -0.39 is 5.54 Å². The molecule has 2 fully saturated rings. The zero-order valence-electron chi connectivity index (χ0n) is 13.1. The smallest absolute Gasteiger partial charge is 0.248 e. The first-order valence-corrected chi connectivity index (χ1v) is 8.16. The van der Waals surface area contributed by atoms with Crippen molar-refractivity contribution in [2.45, 2.75) is 77.3 Å². The van der Waals surface area contributed by atoms with Crippen molar-refractivity contribution >= 4 is 11.8 Å². The standard InChI is InChI=1S/C16H28N2O2/c1-4-16(5-2)15(20)18(11-10-14(19)17-16)12(3)13-8-6-7-9-13/h12-13H,4-11H2,1-3H3,(H,17,19). The highest BCUT2D eigenvalue weighted by Crippen LogP contribution is 2.32. The van der Waals surface area contributed by atoms with Crippen molar-refractivity contribution in [1.82, 2.24) is 10.2 Å². The van der Waals surface area contributed by atoms with E-state index in [2.05, 4.69) is 12.2 Å². The molecule has 114 valence electrons. The van der Waals surface area contributed by atoms with Gasteiger partial charge in [-0.15, -0.1) is 0 Å². The van der Waals surface area contributed by atoms with E-state index in [0.717, 1.165) is 0 Å². The molecule has 1 unspecified atom stereocenters. The summed E-state index contributed by atoms with van der Waals surface area (Å²) in [4.78, 5) is 26.9. The van der Waals surface area contributed by atoms with Crippen molar-refractivity contribution in [1.29, 1.82) is 0 Å². The molecule has 0 bridgehead atoms. The third-order valence-electron chi connectivity index (χ3n) is 5.41. The second-order valence-corrected chi connectivity index (χ2v) is 6.37. The van der Waals surface area contributed by atoms with Gasteiger partial charge in [-0.1, -0.05) is 26.7 Å². The lowest BCUT2D eigenvalue weighted by Crippen LogP contribution is -2.58. The van der Waals surface area contributed by atoms with Crippen LogP contribution in [-0.4, -0.2) is 34.8 Å². The van der Waals surface area contributed by atoms with Crippen molar-refractivity contribution in [3.8, 4) is 0 Å². The van der Waals surface area contributed by atoms with Crippen LogP contribution in [0.25, 0.3) is 0 Å². The Morgan fingerprint density at radius 1 is 1.25 bits per heavy atom. The summed E-state index contributed by atoms with van der Waals surface area (Å²) in [6.45, 7) is 6.72. The van der Waals surface area contributed by atoms with Gasteiger partial charge in [0.2, 0.25) is 11.8 Å². The van der Waals surface area contributed by atoms with Gasteiger partial charge in [-0.25, -0.2) is 0 Å². The molecule has 4 heteroatoms. The molecule has 1 saturated heterocycles. The molecule has 0 aromatic carbocycles. The van der Waals surface area contributed by atoms with Gasteiger partial charge in [0.1, 0.15) is 5.54 Å². The quantitative estimate of drug-likeness (QED) is 0.860. The van der Waals surface area contributed by atoms with Crippen LogP contribution in [0.15, 0.2) is 0 Å². The third-order valence-corrected chi connectivity index (χ3v) is 5.41. The largest absolute Gasteiger partial charge is 0.342 e. The van der Waals surface area contributed by atoms with Gasteiger partial charge in [-0.3, -0.25) is 9.59 Å². The van der Waals surface area contributed by atoms with Crippen molar-refractivity contribution < 1.29 is 9.59 Å². The number of amides is 2. The third kappa shape index (κ3) is 2.70. The molecule has 1 saturated carbocycles. The second kappa shape index (κ2) is 6.15. The van der Waals surface area contributed by atoms with E-state index in [0.29, 0.717) is 31.7 Å². The maximum Gasteiger partial charge on any atom is 0.248 e. The first-order valence-electron chi connectivity index (χ1n) is 8.16. The molecule has 0 aromatic heterocycles. The summed E-state index contributed by atoms with van der Waals surface area (Å²) in [6, 6.07) is 0.259. The average Bonchev–Trinajstić information content (AvgIpc) is 2.94. The predicted molar refractivity (Wildman–Crippen MR) is 79.2 cm³/mol. The molecule has 1 heterocycles. The normalized spacial score (nSPS) is 25.4. The molecule has 1 N–H and O–H groups in total. The molecule has 0 aromatic rings. The molecule has 20 heavy (non-hydrogen) atoms. The highest BCUT2D eigenvalue weighted by molar-refractivity contribution is 5.93. The minimum atomic E-state index is -0.680.